The molecule has 0 atom stereocenters. The summed E-state index contributed by atoms with van der Waals surface area (Å²) < 4.78 is 36.7. The Balaban J connectivity index is 2.78. The number of nitrogens with zero attached hydrogens (tertiary/aromatic N) is 1. The van der Waals surface area contributed by atoms with Crippen LogP contribution in [0.15, 0.2) is 24.3 Å². The van der Waals surface area contributed by atoms with E-state index in [0.717, 1.165) is 11.1 Å². The number of alkyl halides is 3. The molecule has 0 amide bonds. The molecule has 2 nitrogen and oxygen atoms in total. The molecule has 0 bridgehead atoms. The molecule has 5 heteroatoms. The van der Waals surface area contributed by atoms with Crippen molar-refractivity contribution in [2.75, 3.05) is 20.1 Å². The van der Waals surface area contributed by atoms with Crippen LogP contribution in [0.3, 0.4) is 0 Å². The highest BCUT2D eigenvalue weighted by Gasteiger charge is 2.29. The molecule has 0 radical (unpaired) electrons. The van der Waals surface area contributed by atoms with E-state index < -0.39 is 12.7 Å². The molecule has 0 fully saturated rings. The fourth-order valence-corrected chi connectivity index (χ4v) is 1.58. The first-order valence-electron chi connectivity index (χ1n) is 5.44. The van der Waals surface area contributed by atoms with Crippen molar-refractivity contribution in [1.29, 1.82) is 0 Å². The first-order chi connectivity index (χ1) is 8.42. The average molecular weight is 256 g/mol. The lowest BCUT2D eigenvalue weighted by Crippen LogP contribution is -2.30. The third-order valence-electron chi connectivity index (χ3n) is 2.23. The third kappa shape index (κ3) is 5.21. The fourth-order valence-electron chi connectivity index (χ4n) is 1.58. The molecule has 18 heavy (non-hydrogen) atoms. The van der Waals surface area contributed by atoms with Gasteiger partial charge in [-0.2, -0.15) is 13.2 Å². The first kappa shape index (κ1) is 14.6. The summed E-state index contributed by atoms with van der Waals surface area (Å²) >= 11 is 0. The lowest BCUT2D eigenvalue weighted by atomic mass is 10.1. The van der Waals surface area contributed by atoms with E-state index in [4.69, 9.17) is 5.73 Å². The second kappa shape index (κ2) is 6.43. The van der Waals surface area contributed by atoms with Crippen LogP contribution in [-0.2, 0) is 6.54 Å². The number of nitrogens with two attached hydrogens (primary N) is 1. The van der Waals surface area contributed by atoms with Gasteiger partial charge in [0.25, 0.3) is 0 Å². The van der Waals surface area contributed by atoms with Crippen LogP contribution in [0.5, 0.6) is 0 Å². The smallest absolute Gasteiger partial charge is 0.320 e. The maximum atomic E-state index is 12.2. The highest BCUT2D eigenvalue weighted by Crippen LogP contribution is 2.17. The van der Waals surface area contributed by atoms with Crippen LogP contribution < -0.4 is 5.73 Å². The zero-order valence-electron chi connectivity index (χ0n) is 10.1. The molecule has 0 saturated heterocycles. The Morgan fingerprint density at radius 3 is 2.56 bits per heavy atom. The summed E-state index contributed by atoms with van der Waals surface area (Å²) in [5, 5.41) is 0. The number of hydrogen-bond donors (Lipinski definition) is 1. The standard InChI is InChI=1S/C13H15F3N2/c1-18(10-13(14,15)16)9-12-6-3-2-5-11(12)7-4-8-17/h2-3,5-6H,8-10,17H2,1H3. The lowest BCUT2D eigenvalue weighted by molar-refractivity contribution is -0.144. The van der Waals surface area contributed by atoms with Gasteiger partial charge in [0.1, 0.15) is 0 Å². The van der Waals surface area contributed by atoms with Crippen LogP contribution in [-0.4, -0.2) is 31.2 Å². The Hall–Kier alpha value is -1.51. The molecule has 0 aliphatic rings. The first-order valence-corrected chi connectivity index (χ1v) is 5.44. The van der Waals surface area contributed by atoms with Crippen molar-refractivity contribution in [1.82, 2.24) is 4.90 Å². The van der Waals surface area contributed by atoms with E-state index >= 15 is 0 Å². The van der Waals surface area contributed by atoms with Gasteiger partial charge in [-0.25, -0.2) is 0 Å². The summed E-state index contributed by atoms with van der Waals surface area (Å²) in [6, 6.07) is 7.13. The van der Waals surface area contributed by atoms with Gasteiger partial charge in [-0.1, -0.05) is 30.0 Å². The maximum Gasteiger partial charge on any atom is 0.401 e. The molecule has 2 N–H and O–H groups in total. The molecule has 0 saturated carbocycles. The highest BCUT2D eigenvalue weighted by atomic mass is 19.4. The van der Waals surface area contributed by atoms with Crippen LogP contribution in [0.2, 0.25) is 0 Å². The van der Waals surface area contributed by atoms with Gasteiger partial charge < -0.3 is 5.73 Å². The van der Waals surface area contributed by atoms with Gasteiger partial charge in [-0.3, -0.25) is 4.90 Å². The molecule has 0 heterocycles. The van der Waals surface area contributed by atoms with Gasteiger partial charge in [-0.15, -0.1) is 0 Å². The van der Waals surface area contributed by atoms with Crippen LogP contribution in [0.4, 0.5) is 13.2 Å². The number of halogens is 3. The summed E-state index contributed by atoms with van der Waals surface area (Å²) in [5.41, 5.74) is 6.77. The van der Waals surface area contributed by atoms with Crippen molar-refractivity contribution in [3.63, 3.8) is 0 Å². The van der Waals surface area contributed by atoms with E-state index in [1.807, 2.05) is 0 Å². The minimum absolute atomic E-state index is 0.203. The predicted molar refractivity (Wildman–Crippen MR) is 64.8 cm³/mol. The van der Waals surface area contributed by atoms with Gasteiger partial charge in [0.05, 0.1) is 13.1 Å². The van der Waals surface area contributed by atoms with Gasteiger partial charge in [0.15, 0.2) is 0 Å². The Bertz CT molecular complexity index is 444. The highest BCUT2D eigenvalue weighted by molar-refractivity contribution is 5.41. The largest absolute Gasteiger partial charge is 0.401 e. The van der Waals surface area contributed by atoms with Crippen molar-refractivity contribution >= 4 is 0 Å². The van der Waals surface area contributed by atoms with Gasteiger partial charge >= 0.3 is 6.18 Å². The molecule has 98 valence electrons. The Morgan fingerprint density at radius 1 is 1.28 bits per heavy atom. The minimum Gasteiger partial charge on any atom is -0.320 e. The topological polar surface area (TPSA) is 29.3 Å². The van der Waals surface area contributed by atoms with Gasteiger partial charge in [0.2, 0.25) is 0 Å². The molecule has 1 aromatic rings. The molecular formula is C13H15F3N2. The molecule has 0 aromatic heterocycles. The Morgan fingerprint density at radius 2 is 1.94 bits per heavy atom. The second-order valence-corrected chi connectivity index (χ2v) is 3.95. The van der Waals surface area contributed by atoms with Gasteiger partial charge in [0, 0.05) is 12.1 Å². The molecular weight excluding hydrogens is 241 g/mol. The van der Waals surface area contributed by atoms with Crippen LogP contribution in [0, 0.1) is 11.8 Å². The predicted octanol–water partition coefficient (Wildman–Crippen LogP) is 1.99. The zero-order valence-corrected chi connectivity index (χ0v) is 10.1. The van der Waals surface area contributed by atoms with Crippen molar-refractivity contribution < 1.29 is 13.2 Å². The monoisotopic (exact) mass is 256 g/mol. The zero-order chi connectivity index (χ0) is 13.6. The molecule has 0 spiro atoms. The van der Waals surface area contributed by atoms with Crippen molar-refractivity contribution in [3.8, 4) is 11.8 Å². The van der Waals surface area contributed by atoms with Crippen LogP contribution >= 0.6 is 0 Å². The SMILES string of the molecule is CN(Cc1ccccc1C#CCN)CC(F)(F)F. The summed E-state index contributed by atoms with van der Waals surface area (Å²) in [6.45, 7) is -0.507. The quantitative estimate of drug-likeness (QED) is 0.838. The van der Waals surface area contributed by atoms with Crippen LogP contribution in [0.25, 0.3) is 0 Å². The van der Waals surface area contributed by atoms with Gasteiger partial charge in [-0.05, 0) is 18.7 Å². The van der Waals surface area contributed by atoms with E-state index in [1.54, 1.807) is 24.3 Å². The van der Waals surface area contributed by atoms with Crippen molar-refractivity contribution in [2.24, 2.45) is 5.73 Å². The minimum atomic E-state index is -4.19. The van der Waals surface area contributed by atoms with E-state index in [1.165, 1.54) is 11.9 Å². The van der Waals surface area contributed by atoms with Crippen molar-refractivity contribution in [3.05, 3.63) is 35.4 Å². The molecule has 1 rings (SSSR count). The Labute approximate surface area is 105 Å². The summed E-state index contributed by atoms with van der Waals surface area (Å²) in [7, 11) is 1.43. The summed E-state index contributed by atoms with van der Waals surface area (Å²) in [6.07, 6.45) is -4.19. The van der Waals surface area contributed by atoms with E-state index in [9.17, 15) is 13.2 Å². The summed E-state index contributed by atoms with van der Waals surface area (Å²) in [5.74, 6) is 5.56. The molecule has 0 aliphatic heterocycles. The third-order valence-corrected chi connectivity index (χ3v) is 2.23. The molecule has 1 aromatic carbocycles. The number of hydrogen-bond acceptors (Lipinski definition) is 2. The Kier molecular flexibility index (Phi) is 5.20. The normalized spacial score (nSPS) is 11.2. The lowest BCUT2D eigenvalue weighted by Gasteiger charge is -2.19. The van der Waals surface area contributed by atoms with E-state index in [-0.39, 0.29) is 13.1 Å². The van der Waals surface area contributed by atoms with E-state index in [0.29, 0.717) is 0 Å². The molecule has 0 unspecified atom stereocenters. The van der Waals surface area contributed by atoms with Crippen molar-refractivity contribution in [2.45, 2.75) is 12.7 Å². The second-order valence-electron chi connectivity index (χ2n) is 3.95. The molecule has 0 aliphatic carbocycles. The average Bonchev–Trinajstić information content (AvgIpc) is 2.25. The summed E-state index contributed by atoms with van der Waals surface area (Å²) in [4.78, 5) is 1.21. The van der Waals surface area contributed by atoms with Crippen LogP contribution in [0.1, 0.15) is 11.1 Å². The van der Waals surface area contributed by atoms with E-state index in [2.05, 4.69) is 11.8 Å². The maximum absolute atomic E-state index is 12.2. The fraction of sp³-hybridized carbons (Fsp3) is 0.385. The number of rotatable bonds is 3. The number of benzene rings is 1.